The van der Waals surface area contributed by atoms with E-state index in [2.05, 4.69) is 10.3 Å². The maximum absolute atomic E-state index is 12.1. The van der Waals surface area contributed by atoms with Gasteiger partial charge in [0, 0.05) is 23.6 Å². The molecule has 0 atom stereocenters. The van der Waals surface area contributed by atoms with E-state index in [0.717, 1.165) is 5.56 Å². The molecule has 0 unspecified atom stereocenters. The number of rotatable bonds is 2. The van der Waals surface area contributed by atoms with Gasteiger partial charge in [-0.1, -0.05) is 0 Å². The lowest BCUT2D eigenvalue weighted by Gasteiger charge is -2.17. The summed E-state index contributed by atoms with van der Waals surface area (Å²) < 4.78 is 23.9. The molecule has 0 saturated heterocycles. The van der Waals surface area contributed by atoms with Gasteiger partial charge in [0.15, 0.2) is 9.84 Å². The molecule has 0 saturated carbocycles. The number of hydrogen-bond acceptors (Lipinski definition) is 4. The Kier molecular flexibility index (Phi) is 3.47. The molecule has 21 heavy (non-hydrogen) atoms. The number of aryl methyl sites for hydroxylation is 1. The van der Waals surface area contributed by atoms with Crippen LogP contribution in [0.5, 0.6) is 0 Å². The highest BCUT2D eigenvalue weighted by molar-refractivity contribution is 7.91. The molecule has 2 aromatic rings. The van der Waals surface area contributed by atoms with Crippen LogP contribution in [0.15, 0.2) is 47.6 Å². The first-order chi connectivity index (χ1) is 10.1. The Morgan fingerprint density at radius 3 is 2.67 bits per heavy atom. The standard InChI is InChI=1S/C15H14N2O3S/c18-15(11-5-7-16-8-6-11)17-13-3-4-14-12(10-13)2-1-9-21(14,19)20/h3-8,10H,1-2,9H2,(H,17,18). The summed E-state index contributed by atoms with van der Waals surface area (Å²) >= 11 is 0. The van der Waals surface area contributed by atoms with Gasteiger partial charge in [-0.3, -0.25) is 9.78 Å². The van der Waals surface area contributed by atoms with E-state index >= 15 is 0 Å². The Balaban J connectivity index is 1.87. The molecule has 1 N–H and O–H groups in total. The number of carbonyl (C=O) groups is 1. The molecule has 1 aliphatic rings. The molecule has 1 aromatic heterocycles. The predicted octanol–water partition coefficient (Wildman–Crippen LogP) is 2.05. The van der Waals surface area contributed by atoms with Gasteiger partial charge in [0.25, 0.3) is 5.91 Å². The van der Waals surface area contributed by atoms with Crippen LogP contribution in [0, 0.1) is 0 Å². The first kappa shape index (κ1) is 13.8. The van der Waals surface area contributed by atoms with Gasteiger partial charge in [-0.25, -0.2) is 8.42 Å². The zero-order chi connectivity index (χ0) is 14.9. The number of sulfone groups is 1. The molecule has 0 spiro atoms. The number of pyridine rings is 1. The summed E-state index contributed by atoms with van der Waals surface area (Å²) in [5, 5.41) is 2.77. The van der Waals surface area contributed by atoms with Crippen LogP contribution in [0.2, 0.25) is 0 Å². The highest BCUT2D eigenvalue weighted by Gasteiger charge is 2.23. The SMILES string of the molecule is O=C(Nc1ccc2c(c1)CCCS2(=O)=O)c1ccncc1. The number of nitrogens with zero attached hydrogens (tertiary/aromatic N) is 1. The van der Waals surface area contributed by atoms with Crippen LogP contribution in [0.1, 0.15) is 22.3 Å². The molecule has 3 rings (SSSR count). The van der Waals surface area contributed by atoms with Crippen molar-refractivity contribution in [2.45, 2.75) is 17.7 Å². The lowest BCUT2D eigenvalue weighted by molar-refractivity contribution is 0.102. The Bertz CT molecular complexity index is 786. The normalized spacial score (nSPS) is 16.0. The molecule has 1 aliphatic heterocycles. The van der Waals surface area contributed by atoms with Gasteiger partial charge in [-0.15, -0.1) is 0 Å². The van der Waals surface area contributed by atoms with Crippen LogP contribution in [0.3, 0.4) is 0 Å². The molecule has 0 radical (unpaired) electrons. The van der Waals surface area contributed by atoms with E-state index in [-0.39, 0.29) is 11.7 Å². The average molecular weight is 302 g/mol. The van der Waals surface area contributed by atoms with Gasteiger partial charge < -0.3 is 5.32 Å². The van der Waals surface area contributed by atoms with Gasteiger partial charge in [0.05, 0.1) is 10.6 Å². The van der Waals surface area contributed by atoms with Crippen molar-refractivity contribution in [3.63, 3.8) is 0 Å². The monoisotopic (exact) mass is 302 g/mol. The van der Waals surface area contributed by atoms with Crippen molar-refractivity contribution in [1.29, 1.82) is 0 Å². The minimum Gasteiger partial charge on any atom is -0.322 e. The minimum absolute atomic E-state index is 0.197. The van der Waals surface area contributed by atoms with Crippen molar-refractivity contribution in [2.75, 3.05) is 11.1 Å². The maximum Gasteiger partial charge on any atom is 0.255 e. The molecular formula is C15H14N2O3S. The molecule has 6 heteroatoms. The molecule has 0 bridgehead atoms. The Morgan fingerprint density at radius 2 is 1.90 bits per heavy atom. The van der Waals surface area contributed by atoms with Crippen molar-refractivity contribution >= 4 is 21.4 Å². The lowest BCUT2D eigenvalue weighted by Crippen LogP contribution is -2.17. The predicted molar refractivity (Wildman–Crippen MR) is 79.0 cm³/mol. The molecule has 5 nitrogen and oxygen atoms in total. The second kappa shape index (κ2) is 5.29. The van der Waals surface area contributed by atoms with Gasteiger partial charge in [-0.2, -0.15) is 0 Å². The summed E-state index contributed by atoms with van der Waals surface area (Å²) in [6, 6.07) is 8.19. The second-order valence-electron chi connectivity index (χ2n) is 4.93. The summed E-state index contributed by atoms with van der Waals surface area (Å²) in [6.45, 7) is 0. The van der Waals surface area contributed by atoms with Crippen molar-refractivity contribution in [1.82, 2.24) is 4.98 Å². The van der Waals surface area contributed by atoms with Crippen molar-refractivity contribution in [3.05, 3.63) is 53.9 Å². The third-order valence-electron chi connectivity index (χ3n) is 3.46. The van der Waals surface area contributed by atoms with Crippen LogP contribution in [-0.2, 0) is 16.3 Å². The van der Waals surface area contributed by atoms with Crippen LogP contribution < -0.4 is 5.32 Å². The van der Waals surface area contributed by atoms with Crippen molar-refractivity contribution in [3.8, 4) is 0 Å². The van der Waals surface area contributed by atoms with Crippen LogP contribution >= 0.6 is 0 Å². The van der Waals surface area contributed by atoms with Crippen LogP contribution in [0.4, 0.5) is 5.69 Å². The summed E-state index contributed by atoms with van der Waals surface area (Å²) in [5.74, 6) is -0.0427. The molecule has 1 aromatic carbocycles. The quantitative estimate of drug-likeness (QED) is 0.921. The lowest BCUT2D eigenvalue weighted by atomic mass is 10.1. The molecule has 0 aliphatic carbocycles. The number of amides is 1. The fourth-order valence-corrected chi connectivity index (χ4v) is 4.01. The Labute approximate surface area is 122 Å². The zero-order valence-corrected chi connectivity index (χ0v) is 12.1. The number of fused-ring (bicyclic) bond motifs is 1. The highest BCUT2D eigenvalue weighted by Crippen LogP contribution is 2.27. The van der Waals surface area contributed by atoms with E-state index in [0.29, 0.717) is 29.0 Å². The first-order valence-corrected chi connectivity index (χ1v) is 8.28. The van der Waals surface area contributed by atoms with E-state index in [4.69, 9.17) is 0 Å². The maximum atomic E-state index is 12.1. The smallest absolute Gasteiger partial charge is 0.255 e. The fraction of sp³-hybridized carbons (Fsp3) is 0.200. The third kappa shape index (κ3) is 2.80. The fourth-order valence-electron chi connectivity index (χ4n) is 2.43. The third-order valence-corrected chi connectivity index (χ3v) is 5.35. The van der Waals surface area contributed by atoms with Gasteiger partial charge >= 0.3 is 0 Å². The number of nitrogens with one attached hydrogen (secondary N) is 1. The van der Waals surface area contributed by atoms with Gasteiger partial charge in [0.2, 0.25) is 0 Å². The molecule has 2 heterocycles. The summed E-state index contributed by atoms with van der Waals surface area (Å²) in [4.78, 5) is 16.3. The summed E-state index contributed by atoms with van der Waals surface area (Å²) in [5.41, 5.74) is 1.89. The largest absolute Gasteiger partial charge is 0.322 e. The van der Waals surface area contributed by atoms with Gasteiger partial charge in [0.1, 0.15) is 0 Å². The Morgan fingerprint density at radius 1 is 1.14 bits per heavy atom. The van der Waals surface area contributed by atoms with E-state index in [1.807, 2.05) is 0 Å². The van der Waals surface area contributed by atoms with E-state index in [1.54, 1.807) is 42.7 Å². The molecule has 1 amide bonds. The van der Waals surface area contributed by atoms with Crippen molar-refractivity contribution in [2.24, 2.45) is 0 Å². The van der Waals surface area contributed by atoms with Crippen molar-refractivity contribution < 1.29 is 13.2 Å². The molecule has 108 valence electrons. The number of aromatic nitrogens is 1. The number of hydrogen-bond donors (Lipinski definition) is 1. The topological polar surface area (TPSA) is 76.1 Å². The number of benzene rings is 1. The summed E-state index contributed by atoms with van der Waals surface area (Å²) in [6.07, 6.45) is 4.44. The number of anilines is 1. The van der Waals surface area contributed by atoms with E-state index < -0.39 is 9.84 Å². The van der Waals surface area contributed by atoms with E-state index in [9.17, 15) is 13.2 Å². The highest BCUT2D eigenvalue weighted by atomic mass is 32.2. The zero-order valence-electron chi connectivity index (χ0n) is 11.2. The second-order valence-corrected chi connectivity index (χ2v) is 7.01. The molecular weight excluding hydrogens is 288 g/mol. The minimum atomic E-state index is -3.16. The summed E-state index contributed by atoms with van der Waals surface area (Å²) in [7, 11) is -3.16. The van der Waals surface area contributed by atoms with Crippen LogP contribution in [0.25, 0.3) is 0 Å². The average Bonchev–Trinajstić information content (AvgIpc) is 2.47. The molecule has 0 fully saturated rings. The van der Waals surface area contributed by atoms with E-state index in [1.165, 1.54) is 0 Å². The first-order valence-electron chi connectivity index (χ1n) is 6.63. The number of carbonyl (C=O) groups excluding carboxylic acids is 1. The van der Waals surface area contributed by atoms with Gasteiger partial charge in [-0.05, 0) is 48.7 Å². The Hall–Kier alpha value is -2.21. The van der Waals surface area contributed by atoms with Crippen LogP contribution in [-0.4, -0.2) is 25.1 Å².